The lowest BCUT2D eigenvalue weighted by molar-refractivity contribution is 0.0900. The summed E-state index contributed by atoms with van der Waals surface area (Å²) < 4.78 is 0.981. The van der Waals surface area contributed by atoms with Crippen LogP contribution in [0.2, 0.25) is 0 Å². The van der Waals surface area contributed by atoms with Crippen LogP contribution in [0.1, 0.15) is 40.7 Å². The fourth-order valence-electron chi connectivity index (χ4n) is 2.35. The van der Waals surface area contributed by atoms with Crippen LogP contribution in [-0.4, -0.2) is 5.78 Å². The summed E-state index contributed by atoms with van der Waals surface area (Å²) in [6.07, 6.45) is 3.49. The van der Waals surface area contributed by atoms with Gasteiger partial charge in [-0.15, -0.1) is 11.3 Å². The first-order valence-electron chi connectivity index (χ1n) is 5.39. The maximum Gasteiger partial charge on any atom is 0.177 e. The highest BCUT2D eigenvalue weighted by atomic mass is 79.9. The van der Waals surface area contributed by atoms with Gasteiger partial charge in [-0.05, 0) is 47.7 Å². The topological polar surface area (TPSA) is 17.1 Å². The molecule has 1 saturated carbocycles. The summed E-state index contributed by atoms with van der Waals surface area (Å²) >= 11 is 5.09. The van der Waals surface area contributed by atoms with Crippen LogP contribution in [0.15, 0.2) is 10.5 Å². The van der Waals surface area contributed by atoms with Gasteiger partial charge in [0.2, 0.25) is 0 Å². The van der Waals surface area contributed by atoms with Gasteiger partial charge in [-0.25, -0.2) is 0 Å². The largest absolute Gasteiger partial charge is 0.293 e. The van der Waals surface area contributed by atoms with Gasteiger partial charge in [0.1, 0.15) is 0 Å². The summed E-state index contributed by atoms with van der Waals surface area (Å²) in [5, 5.41) is 0. The number of rotatable bonds is 2. The summed E-state index contributed by atoms with van der Waals surface area (Å²) in [7, 11) is 0. The molecule has 0 bridgehead atoms. The molecule has 3 heteroatoms. The molecule has 0 aliphatic heterocycles. The van der Waals surface area contributed by atoms with E-state index in [0.29, 0.717) is 11.7 Å². The maximum absolute atomic E-state index is 12.3. The van der Waals surface area contributed by atoms with Crippen molar-refractivity contribution in [3.05, 3.63) is 20.3 Å². The van der Waals surface area contributed by atoms with Gasteiger partial charge in [0.15, 0.2) is 5.78 Å². The molecular formula is C12H15BrOS. The molecule has 0 spiro atoms. The summed E-state index contributed by atoms with van der Waals surface area (Å²) in [6.45, 7) is 4.24. The maximum atomic E-state index is 12.3. The van der Waals surface area contributed by atoms with Gasteiger partial charge in [-0.3, -0.25) is 4.79 Å². The number of thiophene rings is 1. The second-order valence-corrected chi connectivity index (χ2v) is 6.52. The van der Waals surface area contributed by atoms with Crippen LogP contribution in [0, 0.1) is 18.8 Å². The monoisotopic (exact) mass is 286 g/mol. The van der Waals surface area contributed by atoms with Crippen molar-refractivity contribution < 1.29 is 4.79 Å². The molecule has 1 aromatic rings. The van der Waals surface area contributed by atoms with Crippen molar-refractivity contribution in [3.63, 3.8) is 0 Å². The number of hydrogen-bond donors (Lipinski definition) is 0. The molecule has 0 aromatic carbocycles. The molecule has 2 rings (SSSR count). The average Bonchev–Trinajstić information content (AvgIpc) is 2.71. The Morgan fingerprint density at radius 3 is 2.73 bits per heavy atom. The molecule has 1 aromatic heterocycles. The third kappa shape index (κ3) is 2.18. The first-order chi connectivity index (χ1) is 7.09. The van der Waals surface area contributed by atoms with Crippen molar-refractivity contribution in [2.45, 2.75) is 33.1 Å². The Kier molecular flexibility index (Phi) is 3.31. The average molecular weight is 287 g/mol. The lowest BCUT2D eigenvalue weighted by Crippen LogP contribution is -2.16. The Balaban J connectivity index is 2.24. The van der Waals surface area contributed by atoms with Gasteiger partial charge in [0.05, 0.1) is 4.88 Å². The highest BCUT2D eigenvalue weighted by Crippen LogP contribution is 2.37. The van der Waals surface area contributed by atoms with E-state index in [1.54, 1.807) is 11.3 Å². The highest BCUT2D eigenvalue weighted by molar-refractivity contribution is 9.10. The predicted octanol–water partition coefficient (Wildman–Crippen LogP) is 4.44. The van der Waals surface area contributed by atoms with Crippen LogP contribution in [0.25, 0.3) is 0 Å². The molecule has 1 fully saturated rings. The van der Waals surface area contributed by atoms with Crippen LogP contribution in [0.3, 0.4) is 0 Å². The molecule has 1 nitrogen and oxygen atoms in total. The number of aryl methyl sites for hydroxylation is 1. The number of ketones is 1. The first-order valence-corrected chi connectivity index (χ1v) is 7.00. The first kappa shape index (κ1) is 11.3. The Morgan fingerprint density at radius 2 is 2.27 bits per heavy atom. The van der Waals surface area contributed by atoms with Gasteiger partial charge in [-0.1, -0.05) is 13.3 Å². The number of carbonyl (C=O) groups excluding carboxylic acids is 1. The standard InChI is InChI=1S/C12H15BrOS/c1-7-4-3-5-9(7)11(14)12-10(13)6-8(2)15-12/h6-7,9H,3-5H2,1-2H3. The summed E-state index contributed by atoms with van der Waals surface area (Å²) in [5.41, 5.74) is 0. The van der Waals surface area contributed by atoms with Crippen molar-refractivity contribution in [2.75, 3.05) is 0 Å². The molecule has 15 heavy (non-hydrogen) atoms. The highest BCUT2D eigenvalue weighted by Gasteiger charge is 2.31. The van der Waals surface area contributed by atoms with Gasteiger partial charge in [0.25, 0.3) is 0 Å². The molecule has 1 aliphatic rings. The summed E-state index contributed by atoms with van der Waals surface area (Å²) in [5.74, 6) is 1.18. The number of Topliss-reactive ketones (excluding diaryl/α,β-unsaturated/α-hetero) is 1. The van der Waals surface area contributed by atoms with Crippen LogP contribution in [-0.2, 0) is 0 Å². The van der Waals surface area contributed by atoms with Gasteiger partial charge in [-0.2, -0.15) is 0 Å². The molecule has 82 valence electrons. The van der Waals surface area contributed by atoms with E-state index in [9.17, 15) is 4.79 Å². The summed E-state index contributed by atoms with van der Waals surface area (Å²) in [6, 6.07) is 2.04. The molecule has 2 atom stereocenters. The Morgan fingerprint density at radius 1 is 1.53 bits per heavy atom. The molecule has 2 unspecified atom stereocenters. The minimum Gasteiger partial charge on any atom is -0.293 e. The molecule has 0 saturated heterocycles. The van der Waals surface area contributed by atoms with E-state index in [1.165, 1.54) is 17.7 Å². The summed E-state index contributed by atoms with van der Waals surface area (Å²) in [4.78, 5) is 14.4. The Labute approximate surface area is 103 Å². The second-order valence-electron chi connectivity index (χ2n) is 4.41. The smallest absolute Gasteiger partial charge is 0.177 e. The van der Waals surface area contributed by atoms with Crippen molar-refractivity contribution in [3.8, 4) is 0 Å². The minimum absolute atomic E-state index is 0.263. The molecule has 1 aliphatic carbocycles. The molecule has 0 radical (unpaired) electrons. The number of halogens is 1. The van der Waals surface area contributed by atoms with Crippen molar-refractivity contribution in [2.24, 2.45) is 11.8 Å². The predicted molar refractivity (Wildman–Crippen MR) is 67.6 cm³/mol. The molecular weight excluding hydrogens is 272 g/mol. The van der Waals surface area contributed by atoms with E-state index in [0.717, 1.165) is 15.8 Å². The van der Waals surface area contributed by atoms with E-state index in [4.69, 9.17) is 0 Å². The van der Waals surface area contributed by atoms with E-state index in [-0.39, 0.29) is 5.92 Å². The van der Waals surface area contributed by atoms with E-state index < -0.39 is 0 Å². The zero-order chi connectivity index (χ0) is 11.0. The van der Waals surface area contributed by atoms with Gasteiger partial charge < -0.3 is 0 Å². The quantitative estimate of drug-likeness (QED) is 0.735. The Bertz CT molecular complexity index is 383. The lowest BCUT2D eigenvalue weighted by Gasteiger charge is -2.12. The number of carbonyl (C=O) groups is 1. The van der Waals surface area contributed by atoms with Gasteiger partial charge >= 0.3 is 0 Å². The second kappa shape index (κ2) is 4.38. The van der Waals surface area contributed by atoms with Crippen LogP contribution >= 0.6 is 27.3 Å². The molecule has 0 amide bonds. The van der Waals surface area contributed by atoms with Gasteiger partial charge in [0, 0.05) is 15.3 Å². The lowest BCUT2D eigenvalue weighted by atomic mass is 9.93. The SMILES string of the molecule is Cc1cc(Br)c(C(=O)C2CCCC2C)s1. The van der Waals surface area contributed by atoms with E-state index in [2.05, 4.69) is 22.9 Å². The van der Waals surface area contributed by atoms with Crippen LogP contribution in [0.4, 0.5) is 0 Å². The van der Waals surface area contributed by atoms with E-state index >= 15 is 0 Å². The van der Waals surface area contributed by atoms with Crippen molar-refractivity contribution in [1.82, 2.24) is 0 Å². The Hall–Kier alpha value is -0.150. The minimum atomic E-state index is 0.263. The zero-order valence-electron chi connectivity index (χ0n) is 9.05. The zero-order valence-corrected chi connectivity index (χ0v) is 11.5. The fourth-order valence-corrected chi connectivity index (χ4v) is 4.19. The van der Waals surface area contributed by atoms with Crippen LogP contribution in [0.5, 0.6) is 0 Å². The fraction of sp³-hybridized carbons (Fsp3) is 0.583. The number of hydrogen-bond acceptors (Lipinski definition) is 2. The van der Waals surface area contributed by atoms with E-state index in [1.807, 2.05) is 13.0 Å². The molecule has 1 heterocycles. The van der Waals surface area contributed by atoms with Crippen LogP contribution < -0.4 is 0 Å². The third-order valence-corrected chi connectivity index (χ3v) is 5.18. The van der Waals surface area contributed by atoms with Crippen molar-refractivity contribution >= 4 is 33.0 Å². The third-order valence-electron chi connectivity index (χ3n) is 3.23. The van der Waals surface area contributed by atoms with Crippen molar-refractivity contribution in [1.29, 1.82) is 0 Å². The normalized spacial score (nSPS) is 25.8. The molecule has 0 N–H and O–H groups in total.